The number of imide groups is 1. The average Bonchev–Trinajstić information content (AvgIpc) is 3.16. The molecule has 1 aliphatic heterocycles. The molecule has 1 aromatic rings. The van der Waals surface area contributed by atoms with E-state index < -0.39 is 17.5 Å². The van der Waals surface area contributed by atoms with Gasteiger partial charge in [0.2, 0.25) is 5.91 Å². The van der Waals surface area contributed by atoms with Gasteiger partial charge in [0, 0.05) is 7.05 Å². The van der Waals surface area contributed by atoms with Gasteiger partial charge in [0.05, 0.1) is 11.3 Å². The highest BCUT2D eigenvalue weighted by atomic mass is 16.2. The first-order valence-corrected chi connectivity index (χ1v) is 8.22. The molecule has 3 N–H and O–H groups in total. The first-order chi connectivity index (χ1) is 12.0. The molecule has 1 heterocycles. The lowest BCUT2D eigenvalue weighted by Gasteiger charge is -2.20. The van der Waals surface area contributed by atoms with Gasteiger partial charge in [0.15, 0.2) is 0 Å². The molecule has 5 amide bonds. The maximum atomic E-state index is 12.5. The molecule has 0 atom stereocenters. The average molecular weight is 344 g/mol. The zero-order valence-corrected chi connectivity index (χ0v) is 13.9. The summed E-state index contributed by atoms with van der Waals surface area (Å²) in [6.45, 7) is -0.380. The zero-order chi connectivity index (χ0) is 18.0. The number of amides is 5. The summed E-state index contributed by atoms with van der Waals surface area (Å²) in [7, 11) is 1.50. The summed E-state index contributed by atoms with van der Waals surface area (Å²) in [4.78, 5) is 49.8. The van der Waals surface area contributed by atoms with Gasteiger partial charge in [-0.2, -0.15) is 0 Å². The number of nitrogens with zero attached hydrogens (tertiary/aromatic N) is 1. The molecule has 1 spiro atoms. The molecule has 0 radical (unpaired) electrons. The predicted molar refractivity (Wildman–Crippen MR) is 89.9 cm³/mol. The SMILES string of the molecule is CNC(=O)c1ccccc1NC(=O)CN1C(=O)NC2(CCCC2)C1=O. The van der Waals surface area contributed by atoms with Crippen molar-refractivity contribution in [3.63, 3.8) is 0 Å². The molecule has 25 heavy (non-hydrogen) atoms. The summed E-state index contributed by atoms with van der Waals surface area (Å²) in [6.07, 6.45) is 2.97. The van der Waals surface area contributed by atoms with Crippen molar-refractivity contribution < 1.29 is 19.2 Å². The van der Waals surface area contributed by atoms with Crippen molar-refractivity contribution in [3.8, 4) is 0 Å². The van der Waals surface area contributed by atoms with Crippen molar-refractivity contribution in [1.29, 1.82) is 0 Å². The second kappa shape index (κ2) is 6.54. The Hall–Kier alpha value is -2.90. The van der Waals surface area contributed by atoms with E-state index in [1.54, 1.807) is 24.3 Å². The Balaban J connectivity index is 1.70. The van der Waals surface area contributed by atoms with Gasteiger partial charge in [-0.3, -0.25) is 19.3 Å². The van der Waals surface area contributed by atoms with E-state index in [9.17, 15) is 19.2 Å². The number of carbonyl (C=O) groups is 4. The van der Waals surface area contributed by atoms with E-state index in [0.29, 0.717) is 24.1 Å². The van der Waals surface area contributed by atoms with Gasteiger partial charge in [-0.1, -0.05) is 25.0 Å². The van der Waals surface area contributed by atoms with E-state index in [4.69, 9.17) is 0 Å². The molecule has 0 bridgehead atoms. The minimum absolute atomic E-state index is 0.308. The van der Waals surface area contributed by atoms with Gasteiger partial charge >= 0.3 is 6.03 Å². The third-order valence-corrected chi connectivity index (χ3v) is 4.68. The molecule has 0 aromatic heterocycles. The van der Waals surface area contributed by atoms with Crippen LogP contribution in [0.25, 0.3) is 0 Å². The number of nitrogens with one attached hydrogen (secondary N) is 3. The van der Waals surface area contributed by atoms with Crippen molar-refractivity contribution in [2.75, 3.05) is 18.9 Å². The fourth-order valence-electron chi connectivity index (χ4n) is 3.40. The molecule has 1 aromatic carbocycles. The molecule has 1 aliphatic carbocycles. The molecule has 2 aliphatic rings. The second-order valence-electron chi connectivity index (χ2n) is 6.28. The molecule has 3 rings (SSSR count). The van der Waals surface area contributed by atoms with Gasteiger partial charge < -0.3 is 16.0 Å². The minimum Gasteiger partial charge on any atom is -0.355 e. The Bertz CT molecular complexity index is 740. The summed E-state index contributed by atoms with van der Waals surface area (Å²) in [5.74, 6) is -1.21. The second-order valence-corrected chi connectivity index (χ2v) is 6.28. The van der Waals surface area contributed by atoms with Gasteiger partial charge in [-0.25, -0.2) is 4.79 Å². The monoisotopic (exact) mass is 344 g/mol. The highest BCUT2D eigenvalue weighted by Gasteiger charge is 2.52. The lowest BCUT2D eigenvalue weighted by atomic mass is 9.98. The van der Waals surface area contributed by atoms with Crippen LogP contribution in [0.15, 0.2) is 24.3 Å². The van der Waals surface area contributed by atoms with Crippen LogP contribution in [0.3, 0.4) is 0 Å². The van der Waals surface area contributed by atoms with Crippen LogP contribution >= 0.6 is 0 Å². The Kier molecular flexibility index (Phi) is 4.43. The molecular formula is C17H20N4O4. The molecule has 8 nitrogen and oxygen atoms in total. The topological polar surface area (TPSA) is 108 Å². The molecule has 1 saturated carbocycles. The van der Waals surface area contributed by atoms with Crippen LogP contribution in [-0.2, 0) is 9.59 Å². The van der Waals surface area contributed by atoms with E-state index in [1.165, 1.54) is 7.05 Å². The quantitative estimate of drug-likeness (QED) is 0.704. The predicted octanol–water partition coefficient (Wildman–Crippen LogP) is 0.849. The van der Waals surface area contributed by atoms with Gasteiger partial charge in [0.1, 0.15) is 12.1 Å². The summed E-state index contributed by atoms with van der Waals surface area (Å²) in [6, 6.07) is 5.99. The molecule has 132 valence electrons. The molecule has 0 unspecified atom stereocenters. The normalized spacial score (nSPS) is 18.4. The number of para-hydroxylation sites is 1. The number of rotatable bonds is 4. The van der Waals surface area contributed by atoms with Crippen molar-refractivity contribution in [2.45, 2.75) is 31.2 Å². The first kappa shape index (κ1) is 16.9. The third kappa shape index (κ3) is 3.07. The molecular weight excluding hydrogens is 324 g/mol. The summed E-state index contributed by atoms with van der Waals surface area (Å²) >= 11 is 0. The first-order valence-electron chi connectivity index (χ1n) is 8.22. The summed E-state index contributed by atoms with van der Waals surface area (Å²) in [5, 5.41) is 7.83. The maximum Gasteiger partial charge on any atom is 0.325 e. The Morgan fingerprint density at radius 3 is 2.56 bits per heavy atom. The van der Waals surface area contributed by atoms with Crippen LogP contribution in [-0.4, -0.2) is 47.8 Å². The number of carbonyl (C=O) groups excluding carboxylic acids is 4. The van der Waals surface area contributed by atoms with Gasteiger partial charge in [-0.15, -0.1) is 0 Å². The zero-order valence-electron chi connectivity index (χ0n) is 13.9. The van der Waals surface area contributed by atoms with E-state index >= 15 is 0 Å². The van der Waals surface area contributed by atoms with Crippen molar-refractivity contribution >= 4 is 29.4 Å². The van der Waals surface area contributed by atoms with Crippen LogP contribution in [0.1, 0.15) is 36.0 Å². The number of hydrogen-bond acceptors (Lipinski definition) is 4. The van der Waals surface area contributed by atoms with Crippen LogP contribution in [0.5, 0.6) is 0 Å². The Morgan fingerprint density at radius 2 is 1.88 bits per heavy atom. The molecule has 1 saturated heterocycles. The van der Waals surface area contributed by atoms with Crippen molar-refractivity contribution in [3.05, 3.63) is 29.8 Å². The highest BCUT2D eigenvalue weighted by Crippen LogP contribution is 2.34. The lowest BCUT2D eigenvalue weighted by Crippen LogP contribution is -2.44. The Morgan fingerprint density at radius 1 is 1.20 bits per heavy atom. The van der Waals surface area contributed by atoms with Gasteiger partial charge in [0.25, 0.3) is 11.8 Å². The van der Waals surface area contributed by atoms with Crippen molar-refractivity contribution in [1.82, 2.24) is 15.5 Å². The van der Waals surface area contributed by atoms with Crippen LogP contribution in [0.2, 0.25) is 0 Å². The van der Waals surface area contributed by atoms with Crippen LogP contribution in [0, 0.1) is 0 Å². The van der Waals surface area contributed by atoms with E-state index in [-0.39, 0.29) is 18.4 Å². The van der Waals surface area contributed by atoms with Crippen LogP contribution in [0.4, 0.5) is 10.5 Å². The summed E-state index contributed by atoms with van der Waals surface area (Å²) in [5.41, 5.74) is -0.200. The number of hydrogen-bond donors (Lipinski definition) is 3. The Labute approximate surface area is 144 Å². The fourth-order valence-corrected chi connectivity index (χ4v) is 3.40. The van der Waals surface area contributed by atoms with Crippen molar-refractivity contribution in [2.24, 2.45) is 0 Å². The molecule has 8 heteroatoms. The van der Waals surface area contributed by atoms with E-state index in [1.807, 2.05) is 0 Å². The third-order valence-electron chi connectivity index (χ3n) is 4.68. The number of benzene rings is 1. The maximum absolute atomic E-state index is 12.5. The standard InChI is InChI=1S/C17H20N4O4/c1-18-14(23)11-6-2-3-7-12(11)19-13(22)10-21-15(24)17(20-16(21)25)8-4-5-9-17/h2-3,6-7H,4-5,8-10H2,1H3,(H,18,23)(H,19,22)(H,20,25). The van der Waals surface area contributed by atoms with E-state index in [0.717, 1.165) is 17.7 Å². The minimum atomic E-state index is -0.836. The van der Waals surface area contributed by atoms with Crippen LogP contribution < -0.4 is 16.0 Å². The number of urea groups is 1. The fraction of sp³-hybridized carbons (Fsp3) is 0.412. The number of anilines is 1. The largest absolute Gasteiger partial charge is 0.355 e. The summed E-state index contributed by atoms with van der Waals surface area (Å²) < 4.78 is 0. The van der Waals surface area contributed by atoms with E-state index in [2.05, 4.69) is 16.0 Å². The smallest absolute Gasteiger partial charge is 0.325 e. The van der Waals surface area contributed by atoms with Gasteiger partial charge in [-0.05, 0) is 25.0 Å². The molecule has 2 fully saturated rings. The lowest BCUT2D eigenvalue weighted by molar-refractivity contribution is -0.133. The highest BCUT2D eigenvalue weighted by molar-refractivity contribution is 6.11.